The van der Waals surface area contributed by atoms with Crippen molar-refractivity contribution in [3.8, 4) is 11.5 Å². The lowest BCUT2D eigenvalue weighted by Gasteiger charge is -2.31. The standard InChI is InChI=1S/C17H17ClO3/c1-10-7-11(18)3-5-13(10)17-9-15(19)14-8-12(20-2)4-6-16(14)21-17/h3-8,15,17,19H,9H2,1-2H3. The van der Waals surface area contributed by atoms with Gasteiger partial charge in [0.05, 0.1) is 13.2 Å². The van der Waals surface area contributed by atoms with E-state index in [1.165, 1.54) is 0 Å². The minimum absolute atomic E-state index is 0.168. The van der Waals surface area contributed by atoms with Gasteiger partial charge in [0.2, 0.25) is 0 Å². The number of aliphatic hydroxyl groups excluding tert-OH is 1. The molecule has 0 spiro atoms. The summed E-state index contributed by atoms with van der Waals surface area (Å²) < 4.78 is 11.2. The molecule has 3 nitrogen and oxygen atoms in total. The maximum absolute atomic E-state index is 10.4. The van der Waals surface area contributed by atoms with Crippen molar-refractivity contribution < 1.29 is 14.6 Å². The van der Waals surface area contributed by atoms with E-state index in [2.05, 4.69) is 0 Å². The third kappa shape index (κ3) is 2.71. The van der Waals surface area contributed by atoms with Gasteiger partial charge >= 0.3 is 0 Å². The molecule has 2 unspecified atom stereocenters. The van der Waals surface area contributed by atoms with Crippen LogP contribution in [-0.2, 0) is 0 Å². The number of aliphatic hydroxyl groups is 1. The number of halogens is 1. The lowest BCUT2D eigenvalue weighted by molar-refractivity contribution is 0.0652. The molecular formula is C17H17ClO3. The topological polar surface area (TPSA) is 38.7 Å². The van der Waals surface area contributed by atoms with Crippen molar-refractivity contribution in [2.75, 3.05) is 7.11 Å². The zero-order valence-electron chi connectivity index (χ0n) is 12.0. The van der Waals surface area contributed by atoms with Crippen LogP contribution in [0.2, 0.25) is 5.02 Å². The molecule has 1 aliphatic rings. The second-order valence-electron chi connectivity index (χ2n) is 5.26. The number of hydrogen-bond donors (Lipinski definition) is 1. The summed E-state index contributed by atoms with van der Waals surface area (Å²) in [6.45, 7) is 2.00. The van der Waals surface area contributed by atoms with E-state index >= 15 is 0 Å². The lowest BCUT2D eigenvalue weighted by atomic mass is 9.93. The number of rotatable bonds is 2. The molecule has 3 rings (SSSR count). The Balaban J connectivity index is 1.94. The molecule has 2 atom stereocenters. The largest absolute Gasteiger partial charge is 0.497 e. The number of ether oxygens (including phenoxy) is 2. The van der Waals surface area contributed by atoms with Crippen LogP contribution in [0.1, 0.15) is 35.3 Å². The Morgan fingerprint density at radius 3 is 2.71 bits per heavy atom. The third-order valence-electron chi connectivity index (χ3n) is 3.86. The fourth-order valence-corrected chi connectivity index (χ4v) is 2.97. The van der Waals surface area contributed by atoms with Crippen LogP contribution >= 0.6 is 11.6 Å². The molecule has 0 fully saturated rings. The van der Waals surface area contributed by atoms with E-state index in [9.17, 15) is 5.11 Å². The van der Waals surface area contributed by atoms with Gasteiger partial charge in [-0.05, 0) is 48.4 Å². The van der Waals surface area contributed by atoms with E-state index in [0.717, 1.165) is 22.4 Å². The van der Waals surface area contributed by atoms with Gasteiger partial charge in [0.15, 0.2) is 0 Å². The molecule has 1 N–H and O–H groups in total. The molecular weight excluding hydrogens is 288 g/mol. The van der Waals surface area contributed by atoms with Crippen molar-refractivity contribution in [1.29, 1.82) is 0 Å². The molecule has 0 radical (unpaired) electrons. The van der Waals surface area contributed by atoms with Gasteiger partial charge in [-0.1, -0.05) is 17.7 Å². The Kier molecular flexibility index (Phi) is 3.79. The molecule has 0 aliphatic carbocycles. The highest BCUT2D eigenvalue weighted by molar-refractivity contribution is 6.30. The van der Waals surface area contributed by atoms with E-state index in [1.54, 1.807) is 7.11 Å². The molecule has 0 amide bonds. The van der Waals surface area contributed by atoms with Crippen LogP contribution < -0.4 is 9.47 Å². The number of benzene rings is 2. The van der Waals surface area contributed by atoms with Gasteiger partial charge in [0.25, 0.3) is 0 Å². The molecule has 4 heteroatoms. The van der Waals surface area contributed by atoms with Crippen LogP contribution in [0.15, 0.2) is 36.4 Å². The van der Waals surface area contributed by atoms with Gasteiger partial charge < -0.3 is 14.6 Å². The van der Waals surface area contributed by atoms with Crippen LogP contribution in [0.4, 0.5) is 0 Å². The third-order valence-corrected chi connectivity index (χ3v) is 4.10. The molecule has 21 heavy (non-hydrogen) atoms. The summed E-state index contributed by atoms with van der Waals surface area (Å²) >= 11 is 5.99. The van der Waals surface area contributed by atoms with Crippen LogP contribution in [0, 0.1) is 6.92 Å². The summed E-state index contributed by atoms with van der Waals surface area (Å²) in [6, 6.07) is 11.2. The summed E-state index contributed by atoms with van der Waals surface area (Å²) in [5.74, 6) is 1.42. The second kappa shape index (κ2) is 5.58. The van der Waals surface area contributed by atoms with Gasteiger partial charge in [0, 0.05) is 17.0 Å². The minimum atomic E-state index is -0.566. The highest BCUT2D eigenvalue weighted by Crippen LogP contribution is 2.42. The zero-order chi connectivity index (χ0) is 15.0. The first-order valence-electron chi connectivity index (χ1n) is 6.87. The molecule has 0 saturated carbocycles. The summed E-state index contributed by atoms with van der Waals surface area (Å²) in [4.78, 5) is 0. The number of fused-ring (bicyclic) bond motifs is 1. The Labute approximate surface area is 129 Å². The molecule has 0 saturated heterocycles. The predicted molar refractivity (Wildman–Crippen MR) is 82.1 cm³/mol. The maximum atomic E-state index is 10.4. The van der Waals surface area contributed by atoms with Gasteiger partial charge in [-0.3, -0.25) is 0 Å². The highest BCUT2D eigenvalue weighted by atomic mass is 35.5. The van der Waals surface area contributed by atoms with Crippen LogP contribution in [-0.4, -0.2) is 12.2 Å². The number of aryl methyl sites for hydroxylation is 1. The lowest BCUT2D eigenvalue weighted by Crippen LogP contribution is -2.19. The Morgan fingerprint density at radius 2 is 2.00 bits per heavy atom. The minimum Gasteiger partial charge on any atom is -0.497 e. The van der Waals surface area contributed by atoms with E-state index in [1.807, 2.05) is 43.3 Å². The van der Waals surface area contributed by atoms with Gasteiger partial charge in [0.1, 0.15) is 17.6 Å². The Bertz CT molecular complexity index is 669. The van der Waals surface area contributed by atoms with Gasteiger partial charge in [-0.25, -0.2) is 0 Å². The van der Waals surface area contributed by atoms with Gasteiger partial charge in [-0.2, -0.15) is 0 Å². The molecule has 2 aromatic rings. The summed E-state index contributed by atoms with van der Waals surface area (Å²) in [6.07, 6.45) is -0.218. The van der Waals surface area contributed by atoms with Crippen molar-refractivity contribution in [3.05, 3.63) is 58.1 Å². The summed E-state index contributed by atoms with van der Waals surface area (Å²) in [7, 11) is 1.61. The van der Waals surface area contributed by atoms with Gasteiger partial charge in [-0.15, -0.1) is 0 Å². The Hall–Kier alpha value is -1.71. The van der Waals surface area contributed by atoms with Crippen molar-refractivity contribution in [3.63, 3.8) is 0 Å². The van der Waals surface area contributed by atoms with Crippen molar-refractivity contribution in [2.24, 2.45) is 0 Å². The number of hydrogen-bond acceptors (Lipinski definition) is 3. The quantitative estimate of drug-likeness (QED) is 0.903. The second-order valence-corrected chi connectivity index (χ2v) is 5.70. The molecule has 0 aromatic heterocycles. The molecule has 1 aliphatic heterocycles. The first kappa shape index (κ1) is 14.2. The summed E-state index contributed by atoms with van der Waals surface area (Å²) in [5.41, 5.74) is 2.90. The van der Waals surface area contributed by atoms with E-state index in [0.29, 0.717) is 17.2 Å². The molecule has 110 valence electrons. The monoisotopic (exact) mass is 304 g/mol. The van der Waals surface area contributed by atoms with Crippen molar-refractivity contribution in [2.45, 2.75) is 25.6 Å². The highest BCUT2D eigenvalue weighted by Gasteiger charge is 2.29. The summed E-state index contributed by atoms with van der Waals surface area (Å²) in [5, 5.41) is 11.1. The van der Waals surface area contributed by atoms with E-state index < -0.39 is 6.10 Å². The Morgan fingerprint density at radius 1 is 1.19 bits per heavy atom. The SMILES string of the molecule is COc1ccc2c(c1)C(O)CC(c1ccc(Cl)cc1C)O2. The first-order valence-corrected chi connectivity index (χ1v) is 7.25. The maximum Gasteiger partial charge on any atom is 0.127 e. The van der Waals surface area contributed by atoms with E-state index in [-0.39, 0.29) is 6.10 Å². The fourth-order valence-electron chi connectivity index (χ4n) is 2.74. The van der Waals surface area contributed by atoms with Crippen LogP contribution in [0.25, 0.3) is 0 Å². The average molecular weight is 305 g/mol. The van der Waals surface area contributed by atoms with E-state index in [4.69, 9.17) is 21.1 Å². The predicted octanol–water partition coefficient (Wildman–Crippen LogP) is 4.21. The van der Waals surface area contributed by atoms with Crippen molar-refractivity contribution >= 4 is 11.6 Å². The van der Waals surface area contributed by atoms with Crippen LogP contribution in [0.5, 0.6) is 11.5 Å². The number of methoxy groups -OCH3 is 1. The van der Waals surface area contributed by atoms with Crippen molar-refractivity contribution in [1.82, 2.24) is 0 Å². The average Bonchev–Trinajstić information content (AvgIpc) is 2.47. The zero-order valence-corrected chi connectivity index (χ0v) is 12.7. The molecule has 1 heterocycles. The van der Waals surface area contributed by atoms with Crippen LogP contribution in [0.3, 0.4) is 0 Å². The molecule has 2 aromatic carbocycles. The smallest absolute Gasteiger partial charge is 0.127 e. The normalized spacial score (nSPS) is 20.6. The first-order chi connectivity index (χ1) is 10.1. The fraction of sp³-hybridized carbons (Fsp3) is 0.294. The molecule has 0 bridgehead atoms.